The van der Waals surface area contributed by atoms with Gasteiger partial charge in [0.25, 0.3) is 5.69 Å². The van der Waals surface area contributed by atoms with Crippen LogP contribution in [0.5, 0.6) is 0 Å². The first-order valence-electron chi connectivity index (χ1n) is 6.85. The van der Waals surface area contributed by atoms with Gasteiger partial charge in [0.05, 0.1) is 17.4 Å². The van der Waals surface area contributed by atoms with Gasteiger partial charge in [-0.2, -0.15) is 0 Å². The molecule has 1 fully saturated rings. The molecule has 112 valence electrons. The Morgan fingerprint density at radius 1 is 1.48 bits per heavy atom. The fourth-order valence-corrected chi connectivity index (χ4v) is 2.86. The van der Waals surface area contributed by atoms with E-state index in [1.54, 1.807) is 6.07 Å². The van der Waals surface area contributed by atoms with E-state index in [0.29, 0.717) is 23.4 Å². The van der Waals surface area contributed by atoms with Gasteiger partial charge >= 0.3 is 0 Å². The van der Waals surface area contributed by atoms with Gasteiger partial charge in [-0.3, -0.25) is 14.9 Å². The van der Waals surface area contributed by atoms with Crippen LogP contribution in [-0.2, 0) is 11.2 Å². The van der Waals surface area contributed by atoms with Gasteiger partial charge in [0.15, 0.2) is 0 Å². The van der Waals surface area contributed by atoms with Crippen LogP contribution in [0.3, 0.4) is 0 Å². The van der Waals surface area contributed by atoms with Crippen molar-refractivity contribution in [1.82, 2.24) is 0 Å². The van der Waals surface area contributed by atoms with E-state index in [1.165, 1.54) is 6.07 Å². The van der Waals surface area contributed by atoms with Crippen molar-refractivity contribution < 1.29 is 14.8 Å². The summed E-state index contributed by atoms with van der Waals surface area (Å²) in [6.07, 6.45) is 0.306. The third-order valence-electron chi connectivity index (χ3n) is 4.59. The number of aliphatic hydroxyl groups is 1. The van der Waals surface area contributed by atoms with Crippen molar-refractivity contribution in [2.45, 2.75) is 38.8 Å². The lowest BCUT2D eigenvalue weighted by Crippen LogP contribution is -2.56. The second-order valence-electron chi connectivity index (χ2n) is 6.28. The van der Waals surface area contributed by atoms with Gasteiger partial charge in [-0.25, -0.2) is 0 Å². The Morgan fingerprint density at radius 2 is 2.19 bits per heavy atom. The SMILES string of the molecule is CC1(C)C(O)CC1Nc1cc2c(cc1[N+](=O)[O-])CC(=O)N2. The molecule has 1 aliphatic heterocycles. The molecule has 1 aromatic carbocycles. The molecule has 1 heterocycles. The number of nitro benzene ring substituents is 1. The van der Waals surface area contributed by atoms with E-state index in [2.05, 4.69) is 10.6 Å². The van der Waals surface area contributed by atoms with Crippen molar-refractivity contribution >= 4 is 23.0 Å². The van der Waals surface area contributed by atoms with Gasteiger partial charge < -0.3 is 15.7 Å². The van der Waals surface area contributed by atoms with E-state index in [1.807, 2.05) is 13.8 Å². The number of nitrogens with one attached hydrogen (secondary N) is 2. The van der Waals surface area contributed by atoms with Crippen LogP contribution in [0.15, 0.2) is 12.1 Å². The van der Waals surface area contributed by atoms with Gasteiger partial charge in [0.1, 0.15) is 5.69 Å². The first-order chi connectivity index (χ1) is 9.79. The summed E-state index contributed by atoms with van der Waals surface area (Å²) < 4.78 is 0. The number of aliphatic hydroxyl groups excluding tert-OH is 1. The van der Waals surface area contributed by atoms with E-state index in [9.17, 15) is 20.0 Å². The number of nitrogens with zero attached hydrogens (tertiary/aromatic N) is 1. The third-order valence-corrected chi connectivity index (χ3v) is 4.59. The zero-order valence-electron chi connectivity index (χ0n) is 11.8. The molecule has 2 aliphatic rings. The Morgan fingerprint density at radius 3 is 2.76 bits per heavy atom. The molecule has 3 rings (SSSR count). The average Bonchev–Trinajstić information content (AvgIpc) is 2.76. The summed E-state index contributed by atoms with van der Waals surface area (Å²) in [6, 6.07) is 3.01. The number of hydrogen-bond acceptors (Lipinski definition) is 5. The fourth-order valence-electron chi connectivity index (χ4n) is 2.86. The van der Waals surface area contributed by atoms with Crippen molar-refractivity contribution in [3.63, 3.8) is 0 Å². The minimum atomic E-state index is -0.451. The fraction of sp³-hybridized carbons (Fsp3) is 0.500. The number of carbonyl (C=O) groups is 1. The summed E-state index contributed by atoms with van der Waals surface area (Å²) >= 11 is 0. The Bertz CT molecular complexity index is 641. The lowest BCUT2D eigenvalue weighted by atomic mass is 9.64. The molecule has 7 nitrogen and oxygen atoms in total. The molecule has 1 aromatic rings. The maximum atomic E-state index is 11.4. The Kier molecular flexibility index (Phi) is 2.91. The zero-order chi connectivity index (χ0) is 15.4. The molecule has 0 radical (unpaired) electrons. The van der Waals surface area contributed by atoms with Crippen LogP contribution in [0.2, 0.25) is 0 Å². The first kappa shape index (κ1) is 13.8. The van der Waals surface area contributed by atoms with Crippen LogP contribution < -0.4 is 10.6 Å². The molecule has 0 saturated heterocycles. The highest BCUT2D eigenvalue weighted by Crippen LogP contribution is 2.44. The maximum absolute atomic E-state index is 11.4. The highest BCUT2D eigenvalue weighted by Gasteiger charge is 2.47. The summed E-state index contributed by atoms with van der Waals surface area (Å²) in [7, 11) is 0. The number of amides is 1. The quantitative estimate of drug-likeness (QED) is 0.580. The van der Waals surface area contributed by atoms with E-state index in [4.69, 9.17) is 0 Å². The zero-order valence-corrected chi connectivity index (χ0v) is 11.8. The van der Waals surface area contributed by atoms with Crippen LogP contribution >= 0.6 is 0 Å². The summed E-state index contributed by atoms with van der Waals surface area (Å²) in [5, 5.41) is 26.8. The summed E-state index contributed by atoms with van der Waals surface area (Å²) in [6.45, 7) is 3.83. The van der Waals surface area contributed by atoms with Gasteiger partial charge in [-0.15, -0.1) is 0 Å². The molecule has 1 aliphatic carbocycles. The number of fused-ring (bicyclic) bond motifs is 1. The first-order valence-corrected chi connectivity index (χ1v) is 6.85. The Balaban J connectivity index is 1.93. The molecular formula is C14H17N3O4. The highest BCUT2D eigenvalue weighted by molar-refractivity contribution is 6.00. The van der Waals surface area contributed by atoms with E-state index >= 15 is 0 Å². The molecule has 2 atom stereocenters. The predicted octanol–water partition coefficient (Wildman–Crippen LogP) is 1.66. The summed E-state index contributed by atoms with van der Waals surface area (Å²) in [5.74, 6) is -0.157. The maximum Gasteiger partial charge on any atom is 0.292 e. The van der Waals surface area contributed by atoms with Crippen molar-refractivity contribution in [2.75, 3.05) is 10.6 Å². The second-order valence-corrected chi connectivity index (χ2v) is 6.28. The smallest absolute Gasteiger partial charge is 0.292 e. The minimum Gasteiger partial charge on any atom is -0.392 e. The number of carbonyl (C=O) groups excluding carboxylic acids is 1. The number of anilines is 2. The summed E-state index contributed by atoms with van der Waals surface area (Å²) in [5.41, 5.74) is 1.26. The lowest BCUT2D eigenvalue weighted by Gasteiger charge is -2.49. The average molecular weight is 291 g/mol. The van der Waals surface area contributed by atoms with Crippen molar-refractivity contribution in [1.29, 1.82) is 0 Å². The third kappa shape index (κ3) is 2.13. The normalized spacial score (nSPS) is 25.8. The van der Waals surface area contributed by atoms with Gasteiger partial charge in [0, 0.05) is 23.2 Å². The molecule has 2 unspecified atom stereocenters. The van der Waals surface area contributed by atoms with Crippen molar-refractivity contribution in [2.24, 2.45) is 5.41 Å². The van der Waals surface area contributed by atoms with Crippen LogP contribution in [0.4, 0.5) is 17.1 Å². The Labute approximate surface area is 121 Å². The highest BCUT2D eigenvalue weighted by atomic mass is 16.6. The number of rotatable bonds is 3. The van der Waals surface area contributed by atoms with Crippen molar-refractivity contribution in [3.05, 3.63) is 27.8 Å². The monoisotopic (exact) mass is 291 g/mol. The predicted molar refractivity (Wildman–Crippen MR) is 77.2 cm³/mol. The Hall–Kier alpha value is -2.15. The molecule has 0 spiro atoms. The topological polar surface area (TPSA) is 104 Å². The number of hydrogen-bond donors (Lipinski definition) is 3. The molecule has 0 bridgehead atoms. The molecule has 1 saturated carbocycles. The summed E-state index contributed by atoms with van der Waals surface area (Å²) in [4.78, 5) is 22.2. The standard InChI is InChI=1S/C14H17N3O4/c1-14(2)11(6-12(14)18)15-9-5-8-7(4-13(19)16-8)3-10(9)17(20)21/h3,5,11-12,15,18H,4,6H2,1-2H3,(H,16,19). The molecule has 0 aromatic heterocycles. The van der Waals surface area contributed by atoms with Crippen LogP contribution in [0.25, 0.3) is 0 Å². The molecule has 7 heteroatoms. The van der Waals surface area contributed by atoms with Gasteiger partial charge in [0.2, 0.25) is 5.91 Å². The van der Waals surface area contributed by atoms with E-state index in [-0.39, 0.29) is 29.5 Å². The minimum absolute atomic E-state index is 0.0394. The number of nitro groups is 1. The van der Waals surface area contributed by atoms with E-state index < -0.39 is 11.0 Å². The van der Waals surface area contributed by atoms with Gasteiger partial charge in [-0.05, 0) is 18.1 Å². The molecule has 1 amide bonds. The van der Waals surface area contributed by atoms with E-state index in [0.717, 1.165) is 0 Å². The molecule has 21 heavy (non-hydrogen) atoms. The number of benzene rings is 1. The molecule has 3 N–H and O–H groups in total. The molecular weight excluding hydrogens is 274 g/mol. The largest absolute Gasteiger partial charge is 0.392 e. The second kappa shape index (κ2) is 4.42. The van der Waals surface area contributed by atoms with Crippen LogP contribution in [0.1, 0.15) is 25.8 Å². The van der Waals surface area contributed by atoms with Crippen molar-refractivity contribution in [3.8, 4) is 0 Å². The van der Waals surface area contributed by atoms with Crippen LogP contribution in [-0.4, -0.2) is 28.1 Å². The van der Waals surface area contributed by atoms with Crippen LogP contribution in [0, 0.1) is 15.5 Å². The lowest BCUT2D eigenvalue weighted by molar-refractivity contribution is -0.384. The van der Waals surface area contributed by atoms with Gasteiger partial charge in [-0.1, -0.05) is 13.8 Å².